The third-order valence-electron chi connectivity index (χ3n) is 2.69. The number of thiophene rings is 1. The van der Waals surface area contributed by atoms with Crippen molar-refractivity contribution in [1.29, 1.82) is 0 Å². The fourth-order valence-electron chi connectivity index (χ4n) is 1.75. The molecule has 1 heterocycles. The van der Waals surface area contributed by atoms with E-state index in [4.69, 9.17) is 15.2 Å². The van der Waals surface area contributed by atoms with Crippen LogP contribution in [0.15, 0.2) is 34.1 Å². The average molecular weight is 365 g/mol. The first-order chi connectivity index (χ1) is 8.67. The van der Waals surface area contributed by atoms with Gasteiger partial charge in [-0.15, -0.1) is 23.7 Å². The van der Waals surface area contributed by atoms with Gasteiger partial charge in [0.25, 0.3) is 0 Å². The van der Waals surface area contributed by atoms with E-state index in [2.05, 4.69) is 15.9 Å². The summed E-state index contributed by atoms with van der Waals surface area (Å²) in [4.78, 5) is 1.10. The van der Waals surface area contributed by atoms with Gasteiger partial charge in [0.05, 0.1) is 24.7 Å². The van der Waals surface area contributed by atoms with Crippen molar-refractivity contribution in [1.82, 2.24) is 0 Å². The third-order valence-corrected chi connectivity index (χ3v) is 4.26. The van der Waals surface area contributed by atoms with Gasteiger partial charge in [0, 0.05) is 10.4 Å². The summed E-state index contributed by atoms with van der Waals surface area (Å²) in [5.74, 6) is 1.50. The first-order valence-electron chi connectivity index (χ1n) is 5.37. The van der Waals surface area contributed by atoms with Crippen molar-refractivity contribution in [3.63, 3.8) is 0 Å². The molecule has 0 aliphatic rings. The van der Waals surface area contributed by atoms with Crippen molar-refractivity contribution in [2.45, 2.75) is 6.04 Å². The second kappa shape index (κ2) is 7.14. The van der Waals surface area contributed by atoms with Crippen LogP contribution in [0, 0.1) is 0 Å². The van der Waals surface area contributed by atoms with E-state index >= 15 is 0 Å². The zero-order chi connectivity index (χ0) is 13.1. The zero-order valence-electron chi connectivity index (χ0n) is 10.6. The summed E-state index contributed by atoms with van der Waals surface area (Å²) in [7, 11) is 3.27. The number of hydrogen-bond acceptors (Lipinski definition) is 4. The molecule has 1 aromatic heterocycles. The van der Waals surface area contributed by atoms with Crippen LogP contribution >= 0.6 is 39.7 Å². The van der Waals surface area contributed by atoms with Crippen LogP contribution in [0.4, 0.5) is 0 Å². The maximum atomic E-state index is 6.27. The average Bonchev–Trinajstić information content (AvgIpc) is 2.91. The van der Waals surface area contributed by atoms with Crippen LogP contribution in [0.5, 0.6) is 11.5 Å². The van der Waals surface area contributed by atoms with Crippen LogP contribution in [0.2, 0.25) is 0 Å². The molecule has 19 heavy (non-hydrogen) atoms. The molecule has 1 aromatic carbocycles. The fraction of sp³-hybridized carbons (Fsp3) is 0.231. The largest absolute Gasteiger partial charge is 0.496 e. The highest BCUT2D eigenvalue weighted by molar-refractivity contribution is 9.10. The van der Waals surface area contributed by atoms with Gasteiger partial charge in [-0.3, -0.25) is 0 Å². The number of ether oxygens (including phenoxy) is 2. The highest BCUT2D eigenvalue weighted by Crippen LogP contribution is 2.37. The molecule has 2 rings (SSSR count). The Morgan fingerprint density at radius 2 is 1.89 bits per heavy atom. The molecule has 0 saturated heterocycles. The van der Waals surface area contributed by atoms with E-state index in [9.17, 15) is 0 Å². The Morgan fingerprint density at radius 1 is 1.21 bits per heavy atom. The Morgan fingerprint density at radius 3 is 2.42 bits per heavy atom. The Hall–Kier alpha value is -0.750. The molecule has 0 fully saturated rings. The van der Waals surface area contributed by atoms with Gasteiger partial charge < -0.3 is 15.2 Å². The van der Waals surface area contributed by atoms with Gasteiger partial charge in [-0.25, -0.2) is 0 Å². The molecular weight excluding hydrogens is 350 g/mol. The van der Waals surface area contributed by atoms with Gasteiger partial charge in [-0.2, -0.15) is 0 Å². The van der Waals surface area contributed by atoms with E-state index in [1.807, 2.05) is 29.6 Å². The molecule has 2 aromatic rings. The molecule has 0 aliphatic carbocycles. The normalized spacial score (nSPS) is 11.6. The van der Waals surface area contributed by atoms with Crippen LogP contribution in [-0.2, 0) is 0 Å². The number of rotatable bonds is 4. The molecule has 0 saturated carbocycles. The summed E-state index contributed by atoms with van der Waals surface area (Å²) >= 11 is 5.07. The van der Waals surface area contributed by atoms with Gasteiger partial charge in [0.1, 0.15) is 11.5 Å². The first kappa shape index (κ1) is 16.3. The minimum Gasteiger partial charge on any atom is -0.496 e. The van der Waals surface area contributed by atoms with Crippen LogP contribution in [0.3, 0.4) is 0 Å². The summed E-state index contributed by atoms with van der Waals surface area (Å²) in [6.07, 6.45) is 0. The molecule has 0 amide bonds. The summed E-state index contributed by atoms with van der Waals surface area (Å²) in [6, 6.07) is 7.59. The van der Waals surface area contributed by atoms with Gasteiger partial charge in [0.2, 0.25) is 0 Å². The second-order valence-electron chi connectivity index (χ2n) is 3.72. The SMILES string of the molecule is COc1cc([C@@H](N)c2cccs2)c(OC)cc1Br.Cl. The molecule has 0 radical (unpaired) electrons. The molecule has 6 heteroatoms. The second-order valence-corrected chi connectivity index (χ2v) is 5.56. The lowest BCUT2D eigenvalue weighted by atomic mass is 10.0. The van der Waals surface area contributed by atoms with E-state index in [0.717, 1.165) is 26.4 Å². The molecule has 2 N–H and O–H groups in total. The van der Waals surface area contributed by atoms with Gasteiger partial charge in [-0.05, 0) is 39.5 Å². The van der Waals surface area contributed by atoms with E-state index in [0.29, 0.717) is 0 Å². The number of halogens is 2. The maximum Gasteiger partial charge on any atom is 0.133 e. The molecule has 0 unspecified atom stereocenters. The van der Waals surface area contributed by atoms with E-state index < -0.39 is 0 Å². The van der Waals surface area contributed by atoms with E-state index in [1.54, 1.807) is 25.6 Å². The summed E-state index contributed by atoms with van der Waals surface area (Å²) in [5, 5.41) is 2.01. The lowest BCUT2D eigenvalue weighted by Crippen LogP contribution is -2.12. The van der Waals surface area contributed by atoms with Crippen LogP contribution < -0.4 is 15.2 Å². The lowest BCUT2D eigenvalue weighted by Gasteiger charge is -2.16. The van der Waals surface area contributed by atoms with Crippen LogP contribution in [0.1, 0.15) is 16.5 Å². The highest BCUT2D eigenvalue weighted by atomic mass is 79.9. The fourth-order valence-corrected chi connectivity index (χ4v) is 2.98. The highest BCUT2D eigenvalue weighted by Gasteiger charge is 2.17. The van der Waals surface area contributed by atoms with Crippen LogP contribution in [0.25, 0.3) is 0 Å². The number of methoxy groups -OCH3 is 2. The Kier molecular flexibility index (Phi) is 6.13. The Bertz CT molecular complexity index is 534. The predicted octanol–water partition coefficient (Wildman–Crippen LogP) is 4.00. The minimum absolute atomic E-state index is 0. The van der Waals surface area contributed by atoms with Gasteiger partial charge in [0.15, 0.2) is 0 Å². The zero-order valence-corrected chi connectivity index (χ0v) is 13.8. The lowest BCUT2D eigenvalue weighted by molar-refractivity contribution is 0.395. The van der Waals surface area contributed by atoms with Crippen molar-refractivity contribution in [3.8, 4) is 11.5 Å². The molecular formula is C13H15BrClNO2S. The Balaban J connectivity index is 0.00000180. The molecule has 1 atom stereocenters. The minimum atomic E-state index is -0.207. The monoisotopic (exact) mass is 363 g/mol. The summed E-state index contributed by atoms with van der Waals surface area (Å²) in [6.45, 7) is 0. The molecule has 0 bridgehead atoms. The topological polar surface area (TPSA) is 44.5 Å². The standard InChI is InChI=1S/C13H14BrNO2S.ClH/c1-16-10-7-9(14)11(17-2)6-8(10)13(15)12-4-3-5-18-12;/h3-7,13H,15H2,1-2H3;1H/t13-;/m1./s1. The number of hydrogen-bond donors (Lipinski definition) is 1. The molecule has 0 aliphatic heterocycles. The molecule has 104 valence electrons. The molecule has 0 spiro atoms. The van der Waals surface area contributed by atoms with Gasteiger partial charge in [-0.1, -0.05) is 6.07 Å². The first-order valence-corrected chi connectivity index (χ1v) is 7.05. The van der Waals surface area contributed by atoms with E-state index in [-0.39, 0.29) is 18.4 Å². The third kappa shape index (κ3) is 3.42. The number of benzene rings is 1. The quantitative estimate of drug-likeness (QED) is 0.892. The van der Waals surface area contributed by atoms with E-state index in [1.165, 1.54) is 0 Å². The van der Waals surface area contributed by atoms with Crippen LogP contribution in [-0.4, -0.2) is 14.2 Å². The van der Waals surface area contributed by atoms with Crippen molar-refractivity contribution < 1.29 is 9.47 Å². The van der Waals surface area contributed by atoms with Gasteiger partial charge >= 0.3 is 0 Å². The maximum absolute atomic E-state index is 6.27. The predicted molar refractivity (Wildman–Crippen MR) is 84.8 cm³/mol. The molecule has 3 nitrogen and oxygen atoms in total. The summed E-state index contributed by atoms with van der Waals surface area (Å²) in [5.41, 5.74) is 7.19. The smallest absolute Gasteiger partial charge is 0.133 e. The summed E-state index contributed by atoms with van der Waals surface area (Å²) < 4.78 is 11.5. The van der Waals surface area contributed by atoms with Crippen molar-refractivity contribution >= 4 is 39.7 Å². The Labute approximate surface area is 131 Å². The van der Waals surface area contributed by atoms with Crippen molar-refractivity contribution in [2.75, 3.05) is 14.2 Å². The van der Waals surface area contributed by atoms with Crippen molar-refractivity contribution in [2.24, 2.45) is 5.73 Å². The number of nitrogens with two attached hydrogens (primary N) is 1. The van der Waals surface area contributed by atoms with Crippen molar-refractivity contribution in [3.05, 3.63) is 44.6 Å².